The van der Waals surface area contributed by atoms with Gasteiger partial charge in [-0.15, -0.1) is 0 Å². The average molecular weight is 382 g/mol. The first kappa shape index (κ1) is 19.7. The normalized spacial score (nSPS) is 13.8. The van der Waals surface area contributed by atoms with Crippen molar-refractivity contribution in [3.8, 4) is 0 Å². The number of carbonyl (C=O) groups is 2. The largest absolute Gasteiger partial charge is 0.469 e. The molecule has 0 aliphatic carbocycles. The Morgan fingerprint density at radius 2 is 1.79 bits per heavy atom. The molecule has 2 N–H and O–H groups in total. The number of carbonyl (C=O) groups excluding carboxylic acids is 2. The summed E-state index contributed by atoms with van der Waals surface area (Å²) in [6, 6.07) is 10.8. The number of guanidine groups is 1. The summed E-state index contributed by atoms with van der Waals surface area (Å²) >= 11 is 0. The Balaban J connectivity index is 1.41. The molecule has 2 aromatic rings. The fraction of sp³-hybridized carbons (Fsp3) is 0.381. The number of benzene rings is 1. The molecule has 1 aromatic carbocycles. The number of nitrogens with one attached hydrogen (secondary N) is 2. The highest BCUT2D eigenvalue weighted by atomic mass is 16.3. The fourth-order valence-corrected chi connectivity index (χ4v) is 3.12. The minimum atomic E-state index is -0.197. The summed E-state index contributed by atoms with van der Waals surface area (Å²) in [5.74, 6) is 1.30. The van der Waals surface area contributed by atoms with Gasteiger partial charge in [0.2, 0.25) is 0 Å². The summed E-state index contributed by atoms with van der Waals surface area (Å²) in [5, 5.41) is 6.49. The smallest absolute Gasteiger partial charge is 0.261 e. The summed E-state index contributed by atoms with van der Waals surface area (Å²) in [6.07, 6.45) is 3.98. The van der Waals surface area contributed by atoms with E-state index in [2.05, 4.69) is 15.6 Å². The number of imide groups is 1. The van der Waals surface area contributed by atoms with Crippen molar-refractivity contribution in [3.05, 3.63) is 59.5 Å². The van der Waals surface area contributed by atoms with Crippen LogP contribution in [0.1, 0.15) is 46.2 Å². The molecule has 0 bridgehead atoms. The number of rotatable bonds is 9. The topological polar surface area (TPSA) is 86.9 Å². The second-order valence-corrected chi connectivity index (χ2v) is 6.53. The minimum Gasteiger partial charge on any atom is -0.469 e. The zero-order valence-electron chi connectivity index (χ0n) is 16.1. The maximum Gasteiger partial charge on any atom is 0.261 e. The number of unbranched alkanes of at least 4 members (excludes halogenated alkanes) is 1. The van der Waals surface area contributed by atoms with Gasteiger partial charge in [0, 0.05) is 32.6 Å². The lowest BCUT2D eigenvalue weighted by atomic mass is 10.1. The van der Waals surface area contributed by atoms with E-state index in [1.54, 1.807) is 30.5 Å². The van der Waals surface area contributed by atoms with Gasteiger partial charge in [0.25, 0.3) is 11.8 Å². The van der Waals surface area contributed by atoms with Crippen molar-refractivity contribution in [1.82, 2.24) is 15.5 Å². The Hall–Kier alpha value is -3.09. The van der Waals surface area contributed by atoms with Gasteiger partial charge in [0.1, 0.15) is 5.76 Å². The Bertz CT molecular complexity index is 795. The predicted octanol–water partition coefficient (Wildman–Crippen LogP) is 2.45. The van der Waals surface area contributed by atoms with Gasteiger partial charge in [-0.3, -0.25) is 19.5 Å². The monoisotopic (exact) mass is 382 g/mol. The zero-order chi connectivity index (χ0) is 19.8. The SMILES string of the molecule is CCNC(=NCCCCN1C(=O)c2ccccc2C1=O)NCCc1ccco1. The molecule has 0 saturated heterocycles. The molecule has 3 rings (SSSR count). The van der Waals surface area contributed by atoms with Crippen LogP contribution >= 0.6 is 0 Å². The second-order valence-electron chi connectivity index (χ2n) is 6.53. The van der Waals surface area contributed by atoms with Gasteiger partial charge in [-0.2, -0.15) is 0 Å². The highest BCUT2D eigenvalue weighted by Gasteiger charge is 2.34. The summed E-state index contributed by atoms with van der Waals surface area (Å²) in [7, 11) is 0. The minimum absolute atomic E-state index is 0.197. The van der Waals surface area contributed by atoms with Crippen LogP contribution < -0.4 is 10.6 Å². The Morgan fingerprint density at radius 3 is 2.43 bits per heavy atom. The van der Waals surface area contributed by atoms with Crippen molar-refractivity contribution in [1.29, 1.82) is 0 Å². The number of furan rings is 1. The molecule has 0 fully saturated rings. The van der Waals surface area contributed by atoms with Crippen molar-refractivity contribution in [2.45, 2.75) is 26.2 Å². The van der Waals surface area contributed by atoms with Crippen molar-refractivity contribution in [2.24, 2.45) is 4.99 Å². The van der Waals surface area contributed by atoms with E-state index in [0.29, 0.717) is 24.2 Å². The quantitative estimate of drug-likeness (QED) is 0.301. The van der Waals surface area contributed by atoms with Gasteiger partial charge < -0.3 is 15.1 Å². The molecule has 0 atom stereocenters. The number of hydrogen-bond donors (Lipinski definition) is 2. The van der Waals surface area contributed by atoms with Crippen LogP contribution in [0, 0.1) is 0 Å². The number of nitrogens with zero attached hydrogens (tertiary/aromatic N) is 2. The number of amides is 2. The van der Waals surface area contributed by atoms with Crippen molar-refractivity contribution in [3.63, 3.8) is 0 Å². The number of aliphatic imine (C=N–C) groups is 1. The number of fused-ring (bicyclic) bond motifs is 1. The Kier molecular flexibility index (Phi) is 6.84. The van der Waals surface area contributed by atoms with Crippen molar-refractivity contribution >= 4 is 17.8 Å². The van der Waals surface area contributed by atoms with Crippen LogP contribution in [0.3, 0.4) is 0 Å². The van der Waals surface area contributed by atoms with Crippen molar-refractivity contribution in [2.75, 3.05) is 26.2 Å². The third kappa shape index (κ3) is 4.79. The number of hydrogen-bond acceptors (Lipinski definition) is 4. The van der Waals surface area contributed by atoms with Crippen LogP contribution in [0.15, 0.2) is 52.1 Å². The summed E-state index contributed by atoms with van der Waals surface area (Å²) in [5.41, 5.74) is 1.00. The maximum absolute atomic E-state index is 12.3. The molecule has 2 amide bonds. The van der Waals surface area contributed by atoms with E-state index in [9.17, 15) is 9.59 Å². The fourth-order valence-electron chi connectivity index (χ4n) is 3.12. The van der Waals surface area contributed by atoms with E-state index in [4.69, 9.17) is 4.42 Å². The maximum atomic E-state index is 12.3. The molecule has 0 radical (unpaired) electrons. The summed E-state index contributed by atoms with van der Waals surface area (Å²) < 4.78 is 5.32. The van der Waals surface area contributed by atoms with E-state index < -0.39 is 0 Å². The third-order valence-electron chi connectivity index (χ3n) is 4.53. The van der Waals surface area contributed by atoms with E-state index in [-0.39, 0.29) is 11.8 Å². The molecular formula is C21H26N4O3. The molecule has 28 heavy (non-hydrogen) atoms. The van der Waals surface area contributed by atoms with E-state index in [0.717, 1.165) is 44.1 Å². The molecule has 2 heterocycles. The molecular weight excluding hydrogens is 356 g/mol. The highest BCUT2D eigenvalue weighted by Crippen LogP contribution is 2.22. The molecule has 0 spiro atoms. The molecule has 0 saturated carbocycles. The van der Waals surface area contributed by atoms with Gasteiger partial charge >= 0.3 is 0 Å². The van der Waals surface area contributed by atoms with Gasteiger partial charge in [-0.1, -0.05) is 12.1 Å². The van der Waals surface area contributed by atoms with Crippen LogP contribution in [0.4, 0.5) is 0 Å². The molecule has 7 heteroatoms. The first-order chi connectivity index (χ1) is 13.7. The van der Waals surface area contributed by atoms with Gasteiger partial charge in [0.15, 0.2) is 5.96 Å². The highest BCUT2D eigenvalue weighted by molar-refractivity contribution is 6.21. The van der Waals surface area contributed by atoms with Gasteiger partial charge in [-0.05, 0) is 44.0 Å². The van der Waals surface area contributed by atoms with E-state index in [1.165, 1.54) is 4.90 Å². The molecule has 0 unspecified atom stereocenters. The second kappa shape index (κ2) is 9.73. The lowest BCUT2D eigenvalue weighted by Crippen LogP contribution is -2.38. The first-order valence-electron chi connectivity index (χ1n) is 9.70. The lowest BCUT2D eigenvalue weighted by molar-refractivity contribution is 0.0652. The van der Waals surface area contributed by atoms with Crippen LogP contribution in [0.5, 0.6) is 0 Å². The van der Waals surface area contributed by atoms with Crippen LogP contribution in [0.25, 0.3) is 0 Å². The van der Waals surface area contributed by atoms with Gasteiger partial charge in [-0.25, -0.2) is 0 Å². The van der Waals surface area contributed by atoms with Crippen LogP contribution in [-0.4, -0.2) is 48.9 Å². The average Bonchev–Trinajstić information content (AvgIpc) is 3.30. The Morgan fingerprint density at radius 1 is 1.04 bits per heavy atom. The Labute approximate surface area is 164 Å². The molecule has 1 aliphatic rings. The molecule has 1 aliphatic heterocycles. The summed E-state index contributed by atoms with van der Waals surface area (Å²) in [4.78, 5) is 30.5. The van der Waals surface area contributed by atoms with Crippen LogP contribution in [-0.2, 0) is 6.42 Å². The molecule has 1 aromatic heterocycles. The van der Waals surface area contributed by atoms with Crippen LogP contribution in [0.2, 0.25) is 0 Å². The molecule has 148 valence electrons. The summed E-state index contributed by atoms with van der Waals surface area (Å²) in [6.45, 7) is 4.57. The zero-order valence-corrected chi connectivity index (χ0v) is 16.1. The van der Waals surface area contributed by atoms with Crippen molar-refractivity contribution < 1.29 is 14.0 Å². The standard InChI is InChI=1S/C21H26N4O3/c1-2-22-21(24-13-11-16-8-7-15-28-16)23-12-5-6-14-25-19(26)17-9-3-4-10-18(17)20(25)27/h3-4,7-10,15H,2,5-6,11-14H2,1H3,(H2,22,23,24). The molecule has 7 nitrogen and oxygen atoms in total. The van der Waals surface area contributed by atoms with E-state index in [1.807, 2.05) is 19.1 Å². The van der Waals surface area contributed by atoms with Gasteiger partial charge in [0.05, 0.1) is 17.4 Å². The first-order valence-corrected chi connectivity index (χ1v) is 9.70. The van der Waals surface area contributed by atoms with E-state index >= 15 is 0 Å². The third-order valence-corrected chi connectivity index (χ3v) is 4.53. The lowest BCUT2D eigenvalue weighted by Gasteiger charge is -2.13. The predicted molar refractivity (Wildman–Crippen MR) is 107 cm³/mol.